The zero-order valence-corrected chi connectivity index (χ0v) is 15.7. The van der Waals surface area contributed by atoms with Gasteiger partial charge in [-0.2, -0.15) is 0 Å². The summed E-state index contributed by atoms with van der Waals surface area (Å²) in [5, 5.41) is 0. The zero-order valence-electron chi connectivity index (χ0n) is 15.7. The van der Waals surface area contributed by atoms with E-state index < -0.39 is 0 Å². The van der Waals surface area contributed by atoms with Crippen molar-refractivity contribution in [2.75, 3.05) is 39.8 Å². The minimum absolute atomic E-state index is 0.0257. The Morgan fingerprint density at radius 1 is 1.20 bits per heavy atom. The molecular formula is C20H32N4O. The molecular weight excluding hydrogens is 312 g/mol. The van der Waals surface area contributed by atoms with Crippen LogP contribution in [0.1, 0.15) is 42.1 Å². The number of amides is 1. The normalized spacial score (nSPS) is 24.3. The molecule has 1 aromatic carbocycles. The number of likely N-dealkylation sites (N-methyl/N-ethyl adjacent to an activating group) is 1. The number of likely N-dealkylation sites (tertiary alicyclic amines) is 1. The minimum Gasteiger partial charge on any atom is -0.334 e. The van der Waals surface area contributed by atoms with Crippen molar-refractivity contribution >= 4 is 5.91 Å². The van der Waals surface area contributed by atoms with E-state index in [9.17, 15) is 4.79 Å². The number of hydrogen-bond acceptors (Lipinski definition) is 4. The van der Waals surface area contributed by atoms with Crippen molar-refractivity contribution in [3.8, 4) is 0 Å². The molecule has 0 aromatic heterocycles. The summed E-state index contributed by atoms with van der Waals surface area (Å²) < 4.78 is 0. The summed E-state index contributed by atoms with van der Waals surface area (Å²) in [5.41, 5.74) is 8.17. The van der Waals surface area contributed by atoms with Gasteiger partial charge < -0.3 is 15.5 Å². The van der Waals surface area contributed by atoms with Crippen molar-refractivity contribution in [3.63, 3.8) is 0 Å². The lowest BCUT2D eigenvalue weighted by Gasteiger charge is -2.38. The average Bonchev–Trinajstić information content (AvgIpc) is 2.63. The summed E-state index contributed by atoms with van der Waals surface area (Å²) in [6.07, 6.45) is 3.26. The van der Waals surface area contributed by atoms with Crippen molar-refractivity contribution in [1.82, 2.24) is 14.7 Å². The Hall–Kier alpha value is -1.43. The second-order valence-corrected chi connectivity index (χ2v) is 7.70. The van der Waals surface area contributed by atoms with Crippen LogP contribution in [0.15, 0.2) is 24.3 Å². The van der Waals surface area contributed by atoms with Crippen molar-refractivity contribution < 1.29 is 4.79 Å². The predicted octanol–water partition coefficient (Wildman–Crippen LogP) is 1.78. The number of nitrogens with two attached hydrogens (primary N) is 1. The topological polar surface area (TPSA) is 52.8 Å². The molecule has 25 heavy (non-hydrogen) atoms. The van der Waals surface area contributed by atoms with Crippen LogP contribution in [-0.4, -0.2) is 72.5 Å². The van der Waals surface area contributed by atoms with Crippen LogP contribution in [0.4, 0.5) is 0 Å². The minimum atomic E-state index is 0.0257. The van der Waals surface area contributed by atoms with E-state index >= 15 is 0 Å². The van der Waals surface area contributed by atoms with Gasteiger partial charge in [-0.15, -0.1) is 0 Å². The van der Waals surface area contributed by atoms with E-state index in [1.807, 2.05) is 24.0 Å². The van der Waals surface area contributed by atoms with Gasteiger partial charge in [0.05, 0.1) is 0 Å². The lowest BCUT2D eigenvalue weighted by molar-refractivity contribution is 0.0583. The Kier molecular flexibility index (Phi) is 6.10. The van der Waals surface area contributed by atoms with Gasteiger partial charge in [0.15, 0.2) is 0 Å². The molecule has 0 spiro atoms. The Labute approximate surface area is 151 Å². The first-order valence-corrected chi connectivity index (χ1v) is 9.61. The van der Waals surface area contributed by atoms with Crippen LogP contribution >= 0.6 is 0 Å². The SMILES string of the molecule is CC(N)C1CCCCN1C(=O)c1cccc(CN2CCN(C)CC2)c1. The number of benzene rings is 1. The highest BCUT2D eigenvalue weighted by Crippen LogP contribution is 2.22. The number of carbonyl (C=O) groups excluding carboxylic acids is 1. The molecule has 5 heteroatoms. The Morgan fingerprint density at radius 2 is 1.96 bits per heavy atom. The van der Waals surface area contributed by atoms with Gasteiger partial charge >= 0.3 is 0 Å². The maximum absolute atomic E-state index is 13.1. The number of nitrogens with zero attached hydrogens (tertiary/aromatic N) is 3. The van der Waals surface area contributed by atoms with E-state index in [4.69, 9.17) is 5.73 Å². The first-order chi connectivity index (χ1) is 12.0. The quantitative estimate of drug-likeness (QED) is 0.905. The highest BCUT2D eigenvalue weighted by atomic mass is 16.2. The smallest absolute Gasteiger partial charge is 0.254 e. The van der Waals surface area contributed by atoms with Gasteiger partial charge in [-0.3, -0.25) is 9.69 Å². The molecule has 0 saturated carbocycles. The number of carbonyl (C=O) groups is 1. The number of rotatable bonds is 4. The molecule has 2 N–H and O–H groups in total. The molecule has 2 heterocycles. The lowest BCUT2D eigenvalue weighted by atomic mass is 9.95. The molecule has 2 saturated heterocycles. The maximum Gasteiger partial charge on any atom is 0.254 e. The summed E-state index contributed by atoms with van der Waals surface area (Å²) in [7, 11) is 2.17. The van der Waals surface area contributed by atoms with E-state index in [0.717, 1.165) is 57.7 Å². The van der Waals surface area contributed by atoms with Crippen molar-refractivity contribution in [3.05, 3.63) is 35.4 Å². The van der Waals surface area contributed by atoms with E-state index in [2.05, 4.69) is 29.0 Å². The van der Waals surface area contributed by atoms with Crippen LogP contribution in [0.25, 0.3) is 0 Å². The summed E-state index contributed by atoms with van der Waals surface area (Å²) in [4.78, 5) is 19.9. The maximum atomic E-state index is 13.1. The zero-order chi connectivity index (χ0) is 17.8. The van der Waals surface area contributed by atoms with Gasteiger partial charge in [0.25, 0.3) is 5.91 Å². The molecule has 2 aliphatic rings. The van der Waals surface area contributed by atoms with Crippen LogP contribution in [0.3, 0.4) is 0 Å². The lowest BCUT2D eigenvalue weighted by Crippen LogP contribution is -2.51. The largest absolute Gasteiger partial charge is 0.334 e. The molecule has 2 fully saturated rings. The molecule has 2 unspecified atom stereocenters. The first-order valence-electron chi connectivity index (χ1n) is 9.61. The molecule has 1 aromatic rings. The molecule has 0 bridgehead atoms. The molecule has 1 amide bonds. The van der Waals surface area contributed by atoms with Crippen LogP contribution in [0, 0.1) is 0 Å². The summed E-state index contributed by atoms with van der Waals surface area (Å²) >= 11 is 0. The van der Waals surface area contributed by atoms with Gasteiger partial charge in [-0.05, 0) is 50.9 Å². The fourth-order valence-corrected chi connectivity index (χ4v) is 3.99. The summed E-state index contributed by atoms with van der Waals surface area (Å²) in [5.74, 6) is 0.141. The Balaban J connectivity index is 1.68. The van der Waals surface area contributed by atoms with Gasteiger partial charge in [0, 0.05) is 56.9 Å². The molecule has 0 radical (unpaired) electrons. The van der Waals surface area contributed by atoms with Crippen molar-refractivity contribution in [2.45, 2.75) is 44.8 Å². The molecule has 5 nitrogen and oxygen atoms in total. The van der Waals surface area contributed by atoms with Gasteiger partial charge in [-0.1, -0.05) is 12.1 Å². The van der Waals surface area contributed by atoms with Crippen LogP contribution in [0.2, 0.25) is 0 Å². The number of piperidine rings is 1. The van der Waals surface area contributed by atoms with E-state index in [-0.39, 0.29) is 18.0 Å². The van der Waals surface area contributed by atoms with E-state index in [1.54, 1.807) is 0 Å². The Morgan fingerprint density at radius 3 is 2.68 bits per heavy atom. The fraction of sp³-hybridized carbons (Fsp3) is 0.650. The number of piperazine rings is 1. The first kappa shape index (κ1) is 18.4. The molecule has 0 aliphatic carbocycles. The standard InChI is InChI=1S/C20H32N4O/c1-16(21)19-8-3-4-9-24(19)20(25)18-7-5-6-17(14-18)15-23-12-10-22(2)11-13-23/h5-7,14,16,19H,3-4,8-13,15,21H2,1-2H3. The molecule has 2 aliphatic heterocycles. The number of hydrogen-bond donors (Lipinski definition) is 1. The summed E-state index contributed by atoms with van der Waals surface area (Å²) in [6.45, 7) is 8.17. The second-order valence-electron chi connectivity index (χ2n) is 7.70. The third-order valence-corrected chi connectivity index (χ3v) is 5.59. The highest BCUT2D eigenvalue weighted by Gasteiger charge is 2.29. The van der Waals surface area contributed by atoms with E-state index in [0.29, 0.717) is 0 Å². The fourth-order valence-electron chi connectivity index (χ4n) is 3.99. The van der Waals surface area contributed by atoms with E-state index in [1.165, 1.54) is 12.0 Å². The van der Waals surface area contributed by atoms with Gasteiger partial charge in [0.1, 0.15) is 0 Å². The average molecular weight is 345 g/mol. The molecule has 2 atom stereocenters. The second kappa shape index (κ2) is 8.30. The van der Waals surface area contributed by atoms with Gasteiger partial charge in [0.2, 0.25) is 0 Å². The van der Waals surface area contributed by atoms with Crippen molar-refractivity contribution in [1.29, 1.82) is 0 Å². The predicted molar refractivity (Wildman–Crippen MR) is 102 cm³/mol. The van der Waals surface area contributed by atoms with Crippen LogP contribution in [-0.2, 0) is 6.54 Å². The highest BCUT2D eigenvalue weighted by molar-refractivity contribution is 5.94. The summed E-state index contributed by atoms with van der Waals surface area (Å²) in [6, 6.07) is 8.37. The monoisotopic (exact) mass is 344 g/mol. The molecule has 3 rings (SSSR count). The van der Waals surface area contributed by atoms with Gasteiger partial charge in [-0.25, -0.2) is 0 Å². The van der Waals surface area contributed by atoms with Crippen molar-refractivity contribution in [2.24, 2.45) is 5.73 Å². The van der Waals surface area contributed by atoms with Crippen LogP contribution in [0.5, 0.6) is 0 Å². The Bertz CT molecular complexity index is 581. The molecule has 138 valence electrons. The third-order valence-electron chi connectivity index (χ3n) is 5.59. The third kappa shape index (κ3) is 4.60. The van der Waals surface area contributed by atoms with Crippen LogP contribution < -0.4 is 5.73 Å².